The number of amides is 1. The molecular weight excluding hydrogens is 392 g/mol. The second-order valence-electron chi connectivity index (χ2n) is 2.92. The van der Waals surface area contributed by atoms with E-state index < -0.39 is 0 Å². The van der Waals surface area contributed by atoms with Crippen LogP contribution in [-0.2, 0) is 0 Å². The van der Waals surface area contributed by atoms with Crippen molar-refractivity contribution in [3.05, 3.63) is 33.3 Å². The molecule has 0 aliphatic carbocycles. The van der Waals surface area contributed by atoms with Gasteiger partial charge in [-0.3, -0.25) is 4.79 Å². The number of carbonyl (C=O) groups is 1. The van der Waals surface area contributed by atoms with Crippen molar-refractivity contribution in [3.8, 4) is 0 Å². The van der Waals surface area contributed by atoms with Crippen molar-refractivity contribution >= 4 is 56.0 Å². The highest BCUT2D eigenvalue weighted by atomic mass is 127. The molecule has 0 radical (unpaired) electrons. The fourth-order valence-corrected chi connectivity index (χ4v) is 2.28. The van der Waals surface area contributed by atoms with Gasteiger partial charge in [-0.1, -0.05) is 34.2 Å². The van der Waals surface area contributed by atoms with Gasteiger partial charge in [0.05, 0.1) is 5.56 Å². The van der Waals surface area contributed by atoms with Crippen LogP contribution in [0.2, 0.25) is 5.02 Å². The summed E-state index contributed by atoms with van der Waals surface area (Å²) in [6, 6.07) is 5.14. The number of hydrogen-bond acceptors (Lipinski definition) is 1. The molecule has 0 aliphatic rings. The number of halogens is 3. The number of carbonyl (C=O) groups excluding carboxylic acids is 1. The molecule has 2 nitrogen and oxygen atoms in total. The van der Waals surface area contributed by atoms with E-state index >= 15 is 0 Å². The van der Waals surface area contributed by atoms with Crippen molar-refractivity contribution in [3.63, 3.8) is 0 Å². The van der Waals surface area contributed by atoms with E-state index in [1.54, 1.807) is 18.2 Å². The third kappa shape index (κ3) is 4.28. The lowest BCUT2D eigenvalue weighted by Crippen LogP contribution is -2.24. The molecule has 0 atom stereocenters. The van der Waals surface area contributed by atoms with E-state index in [1.165, 1.54) is 0 Å². The van der Waals surface area contributed by atoms with Gasteiger partial charge in [-0.2, -0.15) is 0 Å². The first-order valence-electron chi connectivity index (χ1n) is 4.44. The van der Waals surface area contributed by atoms with Gasteiger partial charge in [-0.15, -0.1) is 0 Å². The van der Waals surface area contributed by atoms with Crippen LogP contribution in [0.25, 0.3) is 0 Å². The van der Waals surface area contributed by atoms with E-state index in [0.717, 1.165) is 15.3 Å². The Morgan fingerprint density at radius 2 is 2.27 bits per heavy atom. The molecule has 1 aromatic rings. The Bertz CT molecular complexity index is 359. The van der Waals surface area contributed by atoms with E-state index in [4.69, 9.17) is 11.6 Å². The van der Waals surface area contributed by atoms with E-state index in [9.17, 15) is 4.79 Å². The Morgan fingerprint density at radius 1 is 1.53 bits per heavy atom. The maximum Gasteiger partial charge on any atom is 0.252 e. The Labute approximate surface area is 116 Å². The van der Waals surface area contributed by atoms with Gasteiger partial charge in [0.15, 0.2) is 0 Å². The lowest BCUT2D eigenvalue weighted by atomic mass is 10.2. The molecule has 1 rings (SSSR count). The predicted octanol–water partition coefficient (Wildman–Crippen LogP) is 3.66. The van der Waals surface area contributed by atoms with Crippen molar-refractivity contribution in [1.29, 1.82) is 0 Å². The van der Waals surface area contributed by atoms with Crippen LogP contribution in [0, 0.1) is 0 Å². The first-order chi connectivity index (χ1) is 7.15. The number of benzene rings is 1. The molecule has 0 aliphatic heterocycles. The molecule has 82 valence electrons. The molecule has 0 spiro atoms. The summed E-state index contributed by atoms with van der Waals surface area (Å²) in [5.74, 6) is -0.0663. The Kier molecular flexibility index (Phi) is 5.92. The van der Waals surface area contributed by atoms with Crippen molar-refractivity contribution < 1.29 is 4.79 Å². The molecule has 0 unspecified atom stereocenters. The lowest BCUT2D eigenvalue weighted by molar-refractivity contribution is 0.0953. The molecule has 1 aromatic carbocycles. The van der Waals surface area contributed by atoms with E-state index in [0.29, 0.717) is 17.1 Å². The molecular formula is C10H10BrClINO. The topological polar surface area (TPSA) is 29.1 Å². The van der Waals surface area contributed by atoms with Gasteiger partial charge in [0.1, 0.15) is 0 Å². The second kappa shape index (κ2) is 6.70. The lowest BCUT2D eigenvalue weighted by Gasteiger charge is -2.06. The van der Waals surface area contributed by atoms with E-state index in [1.807, 2.05) is 0 Å². The van der Waals surface area contributed by atoms with Gasteiger partial charge in [-0.25, -0.2) is 0 Å². The normalized spacial score (nSPS) is 10.1. The average molecular weight is 402 g/mol. The van der Waals surface area contributed by atoms with Crippen LogP contribution in [0.3, 0.4) is 0 Å². The monoisotopic (exact) mass is 401 g/mol. The zero-order valence-electron chi connectivity index (χ0n) is 7.90. The second-order valence-corrected chi connectivity index (χ2v) is 5.29. The number of rotatable bonds is 4. The fraction of sp³-hybridized carbons (Fsp3) is 0.300. The van der Waals surface area contributed by atoms with Gasteiger partial charge >= 0.3 is 0 Å². The Morgan fingerprint density at radius 3 is 2.87 bits per heavy atom. The Hall–Kier alpha value is 0.190. The summed E-state index contributed by atoms with van der Waals surface area (Å²) in [6.45, 7) is 0.705. The summed E-state index contributed by atoms with van der Waals surface area (Å²) in [7, 11) is 0. The molecule has 1 N–H and O–H groups in total. The summed E-state index contributed by atoms with van der Waals surface area (Å²) >= 11 is 11.4. The van der Waals surface area contributed by atoms with Crippen LogP contribution in [-0.4, -0.2) is 16.9 Å². The van der Waals surface area contributed by atoms with Crippen molar-refractivity contribution in [2.24, 2.45) is 0 Å². The number of nitrogens with one attached hydrogen (secondary N) is 1. The van der Waals surface area contributed by atoms with Gasteiger partial charge in [0.25, 0.3) is 5.91 Å². The molecule has 0 heterocycles. The van der Waals surface area contributed by atoms with Gasteiger partial charge in [-0.05, 0) is 40.5 Å². The first-order valence-corrected chi connectivity index (χ1v) is 7.14. The summed E-state index contributed by atoms with van der Waals surface area (Å²) in [6.07, 6.45) is 0.984. The van der Waals surface area contributed by atoms with Crippen molar-refractivity contribution in [2.75, 3.05) is 11.0 Å². The van der Waals surface area contributed by atoms with Crippen LogP contribution < -0.4 is 5.32 Å². The molecule has 0 bridgehead atoms. The smallest absolute Gasteiger partial charge is 0.252 e. The molecule has 1 amide bonds. The largest absolute Gasteiger partial charge is 0.352 e. The minimum atomic E-state index is -0.0663. The third-order valence-electron chi connectivity index (χ3n) is 1.77. The maximum absolute atomic E-state index is 11.7. The fourth-order valence-electron chi connectivity index (χ4n) is 1.04. The maximum atomic E-state index is 11.7. The summed E-state index contributed by atoms with van der Waals surface area (Å²) in [5.41, 5.74) is 0.618. The zero-order valence-corrected chi connectivity index (χ0v) is 12.4. The highest BCUT2D eigenvalue weighted by Crippen LogP contribution is 2.21. The molecule has 0 fully saturated rings. The molecule has 5 heteroatoms. The van der Waals surface area contributed by atoms with E-state index in [-0.39, 0.29) is 5.91 Å². The van der Waals surface area contributed by atoms with Crippen LogP contribution >= 0.6 is 50.1 Å². The van der Waals surface area contributed by atoms with Gasteiger partial charge in [0, 0.05) is 20.5 Å². The zero-order chi connectivity index (χ0) is 11.3. The molecule has 0 saturated heterocycles. The van der Waals surface area contributed by atoms with Crippen molar-refractivity contribution in [1.82, 2.24) is 5.32 Å². The Balaban J connectivity index is 2.65. The summed E-state index contributed by atoms with van der Waals surface area (Å²) < 4.78 is 1.77. The molecule has 0 saturated carbocycles. The predicted molar refractivity (Wildman–Crippen MR) is 75.0 cm³/mol. The average Bonchev–Trinajstić information content (AvgIpc) is 2.17. The van der Waals surface area contributed by atoms with Gasteiger partial charge in [0.2, 0.25) is 0 Å². The third-order valence-corrected chi connectivity index (χ3v) is 3.43. The first kappa shape index (κ1) is 13.3. The van der Waals surface area contributed by atoms with Crippen LogP contribution in [0.4, 0.5) is 0 Å². The highest BCUT2D eigenvalue weighted by Gasteiger charge is 2.08. The van der Waals surface area contributed by atoms with E-state index in [2.05, 4.69) is 43.8 Å². The quantitative estimate of drug-likeness (QED) is 0.465. The number of alkyl halides is 1. The SMILES string of the molecule is O=C(NCCCI)c1ccc(Cl)cc1Br. The minimum absolute atomic E-state index is 0.0663. The summed E-state index contributed by atoms with van der Waals surface area (Å²) in [4.78, 5) is 11.7. The van der Waals surface area contributed by atoms with Crippen LogP contribution in [0.15, 0.2) is 22.7 Å². The standard InChI is InChI=1S/C10H10BrClINO/c11-9-6-7(12)2-3-8(9)10(15)14-5-1-4-13/h2-3,6H,1,4-5H2,(H,14,15). The molecule has 0 aromatic heterocycles. The molecule has 15 heavy (non-hydrogen) atoms. The number of hydrogen-bond donors (Lipinski definition) is 1. The van der Waals surface area contributed by atoms with Gasteiger partial charge < -0.3 is 5.32 Å². The van der Waals surface area contributed by atoms with Crippen LogP contribution in [0.5, 0.6) is 0 Å². The minimum Gasteiger partial charge on any atom is -0.352 e. The highest BCUT2D eigenvalue weighted by molar-refractivity contribution is 14.1. The van der Waals surface area contributed by atoms with Crippen LogP contribution in [0.1, 0.15) is 16.8 Å². The summed E-state index contributed by atoms with van der Waals surface area (Å²) in [5, 5.41) is 3.46. The van der Waals surface area contributed by atoms with Crippen molar-refractivity contribution in [2.45, 2.75) is 6.42 Å².